The Bertz CT molecular complexity index is 117. The first-order valence-corrected chi connectivity index (χ1v) is 3.83. The Hall–Kier alpha value is -0.120. The van der Waals surface area contributed by atoms with Crippen molar-refractivity contribution in [2.24, 2.45) is 11.7 Å². The number of ether oxygens (including phenoxy) is 2. The van der Waals surface area contributed by atoms with Gasteiger partial charge in [-0.25, -0.2) is 0 Å². The van der Waals surface area contributed by atoms with Crippen LogP contribution in [0.25, 0.3) is 0 Å². The third-order valence-corrected chi connectivity index (χ3v) is 2.34. The second-order valence-corrected chi connectivity index (χ2v) is 3.07. The average Bonchev–Trinajstić information content (AvgIpc) is 2.42. The third-order valence-electron chi connectivity index (χ3n) is 2.34. The topological polar surface area (TPSA) is 44.5 Å². The highest BCUT2D eigenvalue weighted by Crippen LogP contribution is 2.30. The molecule has 0 saturated carbocycles. The predicted molar refractivity (Wildman–Crippen MR) is 36.6 cm³/mol. The van der Waals surface area contributed by atoms with Gasteiger partial charge in [0, 0.05) is 12.5 Å². The van der Waals surface area contributed by atoms with Gasteiger partial charge in [-0.1, -0.05) is 0 Å². The molecule has 2 fully saturated rings. The Labute approximate surface area is 60.5 Å². The van der Waals surface area contributed by atoms with Gasteiger partial charge in [-0.15, -0.1) is 0 Å². The zero-order valence-electron chi connectivity index (χ0n) is 5.95. The molecular weight excluding hydrogens is 130 g/mol. The van der Waals surface area contributed by atoms with Gasteiger partial charge in [-0.3, -0.25) is 0 Å². The highest BCUT2D eigenvalue weighted by atomic mass is 16.6. The summed E-state index contributed by atoms with van der Waals surface area (Å²) < 4.78 is 10.8. The van der Waals surface area contributed by atoms with Crippen molar-refractivity contribution < 1.29 is 9.47 Å². The number of nitrogens with two attached hydrogens (primary N) is 1. The maximum atomic E-state index is 5.58. The van der Waals surface area contributed by atoms with Crippen LogP contribution in [-0.2, 0) is 9.47 Å². The van der Waals surface area contributed by atoms with E-state index in [1.54, 1.807) is 0 Å². The van der Waals surface area contributed by atoms with Crippen molar-refractivity contribution >= 4 is 0 Å². The van der Waals surface area contributed by atoms with Gasteiger partial charge >= 0.3 is 0 Å². The zero-order valence-corrected chi connectivity index (χ0v) is 5.95. The molecule has 0 aliphatic carbocycles. The van der Waals surface area contributed by atoms with Gasteiger partial charge in [0.1, 0.15) is 0 Å². The van der Waals surface area contributed by atoms with Crippen LogP contribution >= 0.6 is 0 Å². The molecule has 2 saturated heterocycles. The van der Waals surface area contributed by atoms with Gasteiger partial charge in [0.25, 0.3) is 0 Å². The summed E-state index contributed by atoms with van der Waals surface area (Å²) in [5.41, 5.74) is 5.47. The van der Waals surface area contributed by atoms with Crippen LogP contribution in [0.5, 0.6) is 0 Å². The monoisotopic (exact) mass is 143 g/mol. The predicted octanol–water partition coefficient (Wildman–Crippen LogP) is -0.251. The fraction of sp³-hybridized carbons (Fsp3) is 1.00. The summed E-state index contributed by atoms with van der Waals surface area (Å²) in [7, 11) is 0. The first-order chi connectivity index (χ1) is 4.90. The van der Waals surface area contributed by atoms with Gasteiger partial charge in [0.15, 0.2) is 0 Å². The Morgan fingerprint density at radius 1 is 1.40 bits per heavy atom. The quantitative estimate of drug-likeness (QED) is 0.550. The molecule has 2 rings (SSSR count). The van der Waals surface area contributed by atoms with Crippen molar-refractivity contribution in [1.29, 1.82) is 0 Å². The Morgan fingerprint density at radius 2 is 2.30 bits per heavy atom. The summed E-state index contributed by atoms with van der Waals surface area (Å²) in [6.45, 7) is 2.31. The zero-order chi connectivity index (χ0) is 6.97. The summed E-state index contributed by atoms with van der Waals surface area (Å²) in [5, 5.41) is 0. The van der Waals surface area contributed by atoms with E-state index in [-0.39, 0.29) is 0 Å². The van der Waals surface area contributed by atoms with Gasteiger partial charge in [-0.2, -0.15) is 0 Å². The van der Waals surface area contributed by atoms with Crippen LogP contribution in [0, 0.1) is 5.92 Å². The molecule has 0 aromatic carbocycles. The molecular formula is C7H13NO2. The lowest BCUT2D eigenvalue weighted by atomic mass is 10.0. The van der Waals surface area contributed by atoms with E-state index in [1.165, 1.54) is 0 Å². The molecule has 2 heterocycles. The van der Waals surface area contributed by atoms with Crippen LogP contribution < -0.4 is 5.73 Å². The Kier molecular flexibility index (Phi) is 1.64. The number of hydrogen-bond acceptors (Lipinski definition) is 3. The molecule has 0 spiro atoms. The maximum absolute atomic E-state index is 5.58. The number of hydrogen-bond donors (Lipinski definition) is 1. The molecule has 58 valence electrons. The summed E-state index contributed by atoms with van der Waals surface area (Å²) in [6, 6.07) is 0. The summed E-state index contributed by atoms with van der Waals surface area (Å²) >= 11 is 0. The molecule has 3 heteroatoms. The lowest BCUT2D eigenvalue weighted by Gasteiger charge is -2.08. The van der Waals surface area contributed by atoms with Gasteiger partial charge in [0.2, 0.25) is 0 Å². The van der Waals surface area contributed by atoms with Gasteiger partial charge in [0.05, 0.1) is 25.4 Å². The molecule has 0 radical (unpaired) electrons. The van der Waals surface area contributed by atoms with E-state index in [2.05, 4.69) is 0 Å². The fourth-order valence-electron chi connectivity index (χ4n) is 1.74. The molecule has 3 nitrogen and oxygen atoms in total. The molecule has 0 aromatic rings. The standard InChI is InChI=1S/C7H13NO2/c8-2-6-1-5-3-9-4-7(5)10-6/h5-7H,1-4,8H2/t5-,6?,7+/m1/s1. The van der Waals surface area contributed by atoms with Gasteiger partial charge in [-0.05, 0) is 6.42 Å². The normalized spacial score (nSPS) is 45.9. The van der Waals surface area contributed by atoms with Gasteiger partial charge < -0.3 is 15.2 Å². The van der Waals surface area contributed by atoms with E-state index in [0.29, 0.717) is 24.7 Å². The van der Waals surface area contributed by atoms with E-state index in [1.807, 2.05) is 0 Å². The Balaban J connectivity index is 1.94. The van der Waals surface area contributed by atoms with E-state index in [4.69, 9.17) is 15.2 Å². The van der Waals surface area contributed by atoms with Crippen molar-refractivity contribution in [3.05, 3.63) is 0 Å². The molecule has 2 N–H and O–H groups in total. The lowest BCUT2D eigenvalue weighted by molar-refractivity contribution is 0.0242. The molecule has 0 bridgehead atoms. The minimum absolute atomic E-state index is 0.305. The summed E-state index contributed by atoms with van der Waals surface area (Å²) in [5.74, 6) is 0.633. The Morgan fingerprint density at radius 3 is 3.00 bits per heavy atom. The van der Waals surface area contributed by atoms with Crippen LogP contribution in [0.4, 0.5) is 0 Å². The minimum Gasteiger partial charge on any atom is -0.378 e. The summed E-state index contributed by atoms with van der Waals surface area (Å²) in [4.78, 5) is 0. The maximum Gasteiger partial charge on any atom is 0.0863 e. The van der Waals surface area contributed by atoms with Crippen molar-refractivity contribution in [3.63, 3.8) is 0 Å². The first-order valence-electron chi connectivity index (χ1n) is 3.83. The van der Waals surface area contributed by atoms with Crippen LogP contribution in [0.2, 0.25) is 0 Å². The second kappa shape index (κ2) is 2.49. The van der Waals surface area contributed by atoms with Crippen molar-refractivity contribution in [2.45, 2.75) is 18.6 Å². The molecule has 10 heavy (non-hydrogen) atoms. The number of rotatable bonds is 1. The highest BCUT2D eigenvalue weighted by molar-refractivity contribution is 4.86. The van der Waals surface area contributed by atoms with Crippen LogP contribution in [-0.4, -0.2) is 32.0 Å². The van der Waals surface area contributed by atoms with E-state index in [9.17, 15) is 0 Å². The van der Waals surface area contributed by atoms with Crippen LogP contribution in [0.3, 0.4) is 0 Å². The van der Waals surface area contributed by atoms with Crippen molar-refractivity contribution in [1.82, 2.24) is 0 Å². The molecule has 0 amide bonds. The smallest absolute Gasteiger partial charge is 0.0863 e. The summed E-state index contributed by atoms with van der Waals surface area (Å²) in [6.07, 6.45) is 1.76. The van der Waals surface area contributed by atoms with Crippen molar-refractivity contribution in [2.75, 3.05) is 19.8 Å². The van der Waals surface area contributed by atoms with E-state index >= 15 is 0 Å². The largest absolute Gasteiger partial charge is 0.378 e. The second-order valence-electron chi connectivity index (χ2n) is 3.07. The third kappa shape index (κ3) is 0.944. The molecule has 2 aliphatic heterocycles. The molecule has 1 unspecified atom stereocenters. The minimum atomic E-state index is 0.305. The van der Waals surface area contributed by atoms with Crippen LogP contribution in [0.1, 0.15) is 6.42 Å². The van der Waals surface area contributed by atoms with E-state index in [0.717, 1.165) is 19.6 Å². The molecule has 3 atom stereocenters. The number of fused-ring (bicyclic) bond motifs is 1. The van der Waals surface area contributed by atoms with E-state index < -0.39 is 0 Å². The molecule has 0 aromatic heterocycles. The SMILES string of the molecule is NCC1C[C@@H]2COC[C@@H]2O1. The average molecular weight is 143 g/mol. The molecule has 2 aliphatic rings. The highest BCUT2D eigenvalue weighted by Gasteiger charge is 2.38. The lowest BCUT2D eigenvalue weighted by Crippen LogP contribution is -2.21. The fourth-order valence-corrected chi connectivity index (χ4v) is 1.74. The first kappa shape index (κ1) is 6.58. The van der Waals surface area contributed by atoms with Crippen molar-refractivity contribution in [3.8, 4) is 0 Å². The van der Waals surface area contributed by atoms with Crippen LogP contribution in [0.15, 0.2) is 0 Å².